The predicted molar refractivity (Wildman–Crippen MR) is 501 cm³/mol. The first-order valence-electron chi connectivity index (χ1n) is 41.9. The second-order valence-corrected chi connectivity index (χ2v) is 37.9. The Hall–Kier alpha value is -15.3. The number of carbonyl (C=O) groups excluding carboxylic acids is 7. The van der Waals surface area contributed by atoms with Crippen LogP contribution in [0.15, 0.2) is 170 Å². The normalized spacial score (nSPS) is 12.2. The van der Waals surface area contributed by atoms with Gasteiger partial charge in [0.25, 0.3) is 41.1 Å². The Morgan fingerprint density at radius 3 is 0.592 bits per heavy atom. The number of esters is 1. The SMILES string of the molecule is COC(=O)c1cc(OC(C)(C)C)c2cccc(NC(=O)c3cc(OC(C)(C)C)c4cccc(NC(=O)c5cc(OC(C)(C)C)c6cccc(NC(=O)c7cc(OC(C)(C)C)c8cccc(NC(=O)c9cc(OC(C)(C)C)c%10cccc(NC(=O)c%11cc(OC(C)(C)C)c%12cccc(NC(=O)c%13cc(OC(C)(C)C)c%14cccc([N+](=O)[O-])c%14n%13)c%12n%11)c%10n9)c8n7)c6n5)c4n3)c2n1. The van der Waals surface area contributed by atoms with Crippen molar-refractivity contribution < 1.29 is 76.4 Å². The van der Waals surface area contributed by atoms with Gasteiger partial charge < -0.3 is 69.8 Å². The van der Waals surface area contributed by atoms with Gasteiger partial charge >= 0.3 is 5.97 Å². The maximum atomic E-state index is 15.3. The molecule has 7 aromatic heterocycles. The molecule has 0 radical (unpaired) electrons. The minimum Gasteiger partial charge on any atom is -0.487 e. The quantitative estimate of drug-likeness (QED) is 0.0221. The minimum atomic E-state index is -0.856. The Bertz CT molecular complexity index is 7020. The molecule has 0 spiro atoms. The number of amides is 6. The maximum absolute atomic E-state index is 15.3. The fourth-order valence-corrected chi connectivity index (χ4v) is 14.2. The molecule has 7 heterocycles. The molecule has 6 N–H and O–H groups in total. The number of ether oxygens (including phenoxy) is 8. The average molecular weight is 1760 g/mol. The second kappa shape index (κ2) is 34.5. The number of anilines is 6. The van der Waals surface area contributed by atoms with Crippen molar-refractivity contribution in [1.82, 2.24) is 34.9 Å². The van der Waals surface area contributed by atoms with E-state index in [1.165, 1.54) is 61.7 Å². The topological polar surface area (TPSA) is 399 Å². The van der Waals surface area contributed by atoms with Crippen LogP contribution >= 0.6 is 0 Å². The molecule has 14 aromatic rings. The van der Waals surface area contributed by atoms with Crippen LogP contribution in [0.2, 0.25) is 0 Å². The Labute approximate surface area is 748 Å². The average Bonchev–Trinajstić information content (AvgIpc) is 0.447. The molecule has 0 atom stereocenters. The van der Waals surface area contributed by atoms with Crippen LogP contribution in [0.3, 0.4) is 0 Å². The number of rotatable bonds is 21. The van der Waals surface area contributed by atoms with Gasteiger partial charge in [0.05, 0.1) is 79.3 Å². The lowest BCUT2D eigenvalue weighted by Gasteiger charge is -2.24. The smallest absolute Gasteiger partial charge is 0.356 e. The molecule has 0 bridgehead atoms. The third kappa shape index (κ3) is 20.8. The van der Waals surface area contributed by atoms with Crippen molar-refractivity contribution in [2.75, 3.05) is 39.0 Å². The second-order valence-electron chi connectivity index (χ2n) is 37.9. The van der Waals surface area contributed by atoms with Crippen LogP contribution in [0.4, 0.5) is 39.8 Å². The van der Waals surface area contributed by atoms with Gasteiger partial charge in [0, 0.05) is 86.2 Å². The van der Waals surface area contributed by atoms with Crippen LogP contribution in [-0.2, 0) is 4.74 Å². The fourth-order valence-electron chi connectivity index (χ4n) is 14.2. The molecule has 130 heavy (non-hydrogen) atoms. The summed E-state index contributed by atoms with van der Waals surface area (Å²) in [7, 11) is 1.24. The molecule has 0 unspecified atom stereocenters. The van der Waals surface area contributed by atoms with Gasteiger partial charge in [-0.05, 0) is 224 Å². The predicted octanol–water partition coefficient (Wildman–Crippen LogP) is 21.0. The first-order chi connectivity index (χ1) is 60.9. The highest BCUT2D eigenvalue weighted by atomic mass is 16.6. The summed E-state index contributed by atoms with van der Waals surface area (Å²) in [6.45, 7) is 38.5. The molecule has 668 valence electrons. The molecule has 0 aliphatic rings. The van der Waals surface area contributed by atoms with E-state index in [4.69, 9.17) is 62.8 Å². The monoisotopic (exact) mass is 1760 g/mol. The summed E-state index contributed by atoms with van der Waals surface area (Å²) in [4.78, 5) is 149. The number of carbonyl (C=O) groups is 7. The summed E-state index contributed by atoms with van der Waals surface area (Å²) in [6.07, 6.45) is 0. The Balaban J connectivity index is 0.784. The lowest BCUT2D eigenvalue weighted by Crippen LogP contribution is -2.24. The maximum Gasteiger partial charge on any atom is 0.356 e. The number of aromatic nitrogens is 7. The summed E-state index contributed by atoms with van der Waals surface area (Å²) in [6, 6.07) is 44.9. The first kappa shape index (κ1) is 90.9. The van der Waals surface area contributed by atoms with Crippen LogP contribution in [0.5, 0.6) is 40.2 Å². The van der Waals surface area contributed by atoms with Gasteiger partial charge in [-0.15, -0.1) is 0 Å². The van der Waals surface area contributed by atoms with E-state index in [-0.39, 0.29) is 153 Å². The number of hydrogen-bond acceptors (Lipinski definition) is 24. The zero-order valence-electron chi connectivity index (χ0n) is 76.2. The van der Waals surface area contributed by atoms with Crippen molar-refractivity contribution in [1.29, 1.82) is 0 Å². The van der Waals surface area contributed by atoms with Gasteiger partial charge in [0.1, 0.15) is 114 Å². The van der Waals surface area contributed by atoms with Crippen molar-refractivity contribution in [3.05, 3.63) is 220 Å². The van der Waals surface area contributed by atoms with Crippen molar-refractivity contribution >= 4 is 158 Å². The van der Waals surface area contributed by atoms with E-state index < -0.39 is 85.5 Å². The number of benzene rings is 7. The van der Waals surface area contributed by atoms with E-state index in [0.29, 0.717) is 43.5 Å². The van der Waals surface area contributed by atoms with Crippen molar-refractivity contribution in [3.63, 3.8) is 0 Å². The fraction of sp³-hybridized carbons (Fsp3) is 0.293. The molecular weight excluding hydrogens is 1660 g/mol. The van der Waals surface area contributed by atoms with Crippen LogP contribution in [0.1, 0.15) is 219 Å². The molecule has 14 rings (SSSR count). The molecule has 0 saturated heterocycles. The Kier molecular flexibility index (Phi) is 24.1. The lowest BCUT2D eigenvalue weighted by molar-refractivity contribution is -0.383. The number of para-hydroxylation sites is 7. The molecule has 0 aliphatic heterocycles. The highest BCUT2D eigenvalue weighted by Gasteiger charge is 2.32. The minimum absolute atomic E-state index is 0.0558. The first-order valence-corrected chi connectivity index (χ1v) is 41.9. The van der Waals surface area contributed by atoms with E-state index >= 15 is 19.2 Å². The van der Waals surface area contributed by atoms with E-state index in [2.05, 4.69) is 41.9 Å². The van der Waals surface area contributed by atoms with Crippen molar-refractivity contribution in [3.8, 4) is 40.2 Å². The van der Waals surface area contributed by atoms with Crippen LogP contribution < -0.4 is 65.1 Å². The van der Waals surface area contributed by atoms with E-state index in [0.717, 1.165) is 0 Å². The number of nitro benzene ring substituents is 1. The van der Waals surface area contributed by atoms with Gasteiger partial charge in [-0.1, -0.05) is 42.5 Å². The number of non-ortho nitro benzene ring substituents is 1. The van der Waals surface area contributed by atoms with Gasteiger partial charge in [0.2, 0.25) is 0 Å². The number of nitrogens with one attached hydrogen (secondary N) is 6. The standard InChI is InChI=1S/C99H100N14O17/c1-93(2,3)124-72-44-64(86(114)108-59-38-24-31-52-74(126-95(7,8)9)46-66(102-80(52)59)88(116)110-61-40-26-33-54-76(128-97(13,14)15)48-68(104-82(54)61)90(118)112-63-42-28-35-56-78(130-99(19,20)21)50-70(92(120)123-22)106-84(56)63)100-79-51(72)30-23-37-58(79)107-87(115)65-45-73(125-94(4,5)6)53-32-25-39-60(81(53)101-65)109-89(117)67-47-75(127-96(10,11)12)55-34-27-41-62(83(55)103-67)111-91(119)69-49-77(129-98(16,17)18)57-36-29-43-71(113(121)122)85(57)105-69/h23-50H,1-22H3,(H,107,115)(H,108,114)(H,109,117)(H,110,116)(H,111,119)(H,112,118). The summed E-state index contributed by atoms with van der Waals surface area (Å²) in [5.41, 5.74) is -5.27. The number of methoxy groups -OCH3 is 1. The zero-order chi connectivity index (χ0) is 94.0. The third-order valence-electron chi connectivity index (χ3n) is 19.0. The summed E-state index contributed by atoms with van der Waals surface area (Å²) >= 11 is 0. The van der Waals surface area contributed by atoms with E-state index in [9.17, 15) is 24.5 Å². The summed E-state index contributed by atoms with van der Waals surface area (Å²) in [5.74, 6) is -3.52. The number of hydrogen-bond donors (Lipinski definition) is 6. The van der Waals surface area contributed by atoms with Gasteiger partial charge in [-0.2, -0.15) is 0 Å². The van der Waals surface area contributed by atoms with Crippen LogP contribution in [-0.4, -0.2) is 128 Å². The van der Waals surface area contributed by atoms with Crippen LogP contribution in [0.25, 0.3) is 76.3 Å². The molecular formula is C99H100N14O17. The largest absolute Gasteiger partial charge is 0.487 e. The third-order valence-corrected chi connectivity index (χ3v) is 19.0. The summed E-state index contributed by atoms with van der Waals surface area (Å²) in [5, 5.41) is 33.0. The number of nitro groups is 1. The molecule has 0 saturated carbocycles. The Morgan fingerprint density at radius 1 is 0.254 bits per heavy atom. The number of pyridine rings is 7. The van der Waals surface area contributed by atoms with Gasteiger partial charge in [-0.3, -0.25) is 38.9 Å². The number of nitrogens with zero attached hydrogens (tertiary/aromatic N) is 8. The van der Waals surface area contributed by atoms with Gasteiger partial charge in [0.15, 0.2) is 11.2 Å². The molecule has 0 aliphatic carbocycles. The highest BCUT2D eigenvalue weighted by Crippen LogP contribution is 2.43. The summed E-state index contributed by atoms with van der Waals surface area (Å²) < 4.78 is 50.4. The van der Waals surface area contributed by atoms with Gasteiger partial charge in [-0.25, -0.2) is 39.7 Å². The molecule has 0 fully saturated rings. The number of fused-ring (bicyclic) bond motifs is 7. The van der Waals surface area contributed by atoms with E-state index in [1.54, 1.807) is 136 Å². The zero-order valence-corrected chi connectivity index (χ0v) is 76.2. The Morgan fingerprint density at radius 2 is 0.415 bits per heavy atom. The molecule has 31 nitrogen and oxygen atoms in total. The highest BCUT2D eigenvalue weighted by molar-refractivity contribution is 6.18. The molecule has 31 heteroatoms. The van der Waals surface area contributed by atoms with E-state index in [1.807, 2.05) is 125 Å². The van der Waals surface area contributed by atoms with Crippen molar-refractivity contribution in [2.24, 2.45) is 0 Å². The molecule has 6 amide bonds. The van der Waals surface area contributed by atoms with Crippen LogP contribution in [0, 0.1) is 10.1 Å². The lowest BCUT2D eigenvalue weighted by atomic mass is 10.1. The van der Waals surface area contributed by atoms with Crippen molar-refractivity contribution in [2.45, 2.75) is 185 Å². The molecule has 7 aromatic carbocycles.